The van der Waals surface area contributed by atoms with Gasteiger partial charge in [0.05, 0.1) is 35.7 Å². The van der Waals surface area contributed by atoms with Crippen molar-refractivity contribution in [3.8, 4) is 0 Å². The van der Waals surface area contributed by atoms with E-state index in [0.29, 0.717) is 12.5 Å². The van der Waals surface area contributed by atoms with Crippen molar-refractivity contribution in [2.75, 3.05) is 0 Å². The fourth-order valence-corrected chi connectivity index (χ4v) is 3.50. The zero-order valence-corrected chi connectivity index (χ0v) is 16.3. The molecule has 0 aliphatic carbocycles. The maximum Gasteiger partial charge on any atom is 0.243 e. The maximum absolute atomic E-state index is 13.0. The Bertz CT molecular complexity index is 1130. The van der Waals surface area contributed by atoms with E-state index >= 15 is 0 Å². The van der Waals surface area contributed by atoms with Gasteiger partial charge in [-0.3, -0.25) is 14.2 Å². The summed E-state index contributed by atoms with van der Waals surface area (Å²) in [5.74, 6) is 1.36. The van der Waals surface area contributed by atoms with Crippen molar-refractivity contribution >= 4 is 22.6 Å². The normalized spacial score (nSPS) is 12.7. The summed E-state index contributed by atoms with van der Waals surface area (Å²) < 4.78 is 3.98. The molecule has 7 nitrogen and oxygen atoms in total. The average Bonchev–Trinajstić information content (AvgIpc) is 3.25. The van der Waals surface area contributed by atoms with E-state index in [4.69, 9.17) is 4.98 Å². The van der Waals surface area contributed by atoms with E-state index in [0.717, 1.165) is 34.6 Å². The number of hydrogen-bond donors (Lipinski definition) is 1. The number of amides is 1. The monoisotopic (exact) mass is 376 g/mol. The van der Waals surface area contributed by atoms with Crippen LogP contribution in [0.1, 0.15) is 38.3 Å². The van der Waals surface area contributed by atoms with Crippen molar-refractivity contribution < 1.29 is 4.79 Å². The average molecular weight is 376 g/mol. The molecule has 3 aromatic heterocycles. The molecule has 1 aromatic carbocycles. The number of hydrogen-bond acceptors (Lipinski definition) is 4. The van der Waals surface area contributed by atoms with Gasteiger partial charge in [0.1, 0.15) is 11.9 Å². The van der Waals surface area contributed by atoms with Gasteiger partial charge in [-0.2, -0.15) is 0 Å². The highest BCUT2D eigenvalue weighted by Gasteiger charge is 2.22. The fourth-order valence-electron chi connectivity index (χ4n) is 3.50. The van der Waals surface area contributed by atoms with Crippen molar-refractivity contribution in [1.29, 1.82) is 0 Å². The van der Waals surface area contributed by atoms with Crippen LogP contribution in [0.3, 0.4) is 0 Å². The number of rotatable bonds is 6. The van der Waals surface area contributed by atoms with Gasteiger partial charge in [0.25, 0.3) is 0 Å². The molecule has 0 aliphatic rings. The van der Waals surface area contributed by atoms with Gasteiger partial charge in [0, 0.05) is 18.8 Å². The first kappa shape index (κ1) is 18.2. The summed E-state index contributed by atoms with van der Waals surface area (Å²) in [6.07, 6.45) is 7.84. The Labute approximate surface area is 163 Å². The van der Waals surface area contributed by atoms with Crippen molar-refractivity contribution in [3.05, 3.63) is 60.6 Å². The lowest BCUT2D eigenvalue weighted by atomic mass is 10.1. The quantitative estimate of drug-likeness (QED) is 0.561. The van der Waals surface area contributed by atoms with E-state index in [9.17, 15) is 4.79 Å². The predicted octanol–water partition coefficient (Wildman–Crippen LogP) is 3.15. The summed E-state index contributed by atoms with van der Waals surface area (Å²) in [6, 6.07) is 7.61. The summed E-state index contributed by atoms with van der Waals surface area (Å²) in [5.41, 5.74) is 3.59. The molecule has 1 N–H and O–H groups in total. The summed E-state index contributed by atoms with van der Waals surface area (Å²) >= 11 is 0. The van der Waals surface area contributed by atoms with E-state index in [-0.39, 0.29) is 11.9 Å². The Hall–Kier alpha value is -3.22. The number of fused-ring (bicyclic) bond motifs is 2. The third kappa shape index (κ3) is 3.35. The molecule has 3 heterocycles. The zero-order chi connectivity index (χ0) is 19.7. The van der Waals surface area contributed by atoms with Crippen LogP contribution in [0.15, 0.2) is 49.1 Å². The Kier molecular flexibility index (Phi) is 4.81. The van der Waals surface area contributed by atoms with E-state index in [1.165, 1.54) is 0 Å². The lowest BCUT2D eigenvalue weighted by molar-refractivity contribution is -0.124. The highest BCUT2D eigenvalue weighted by atomic mass is 16.2. The molecule has 0 bridgehead atoms. The van der Waals surface area contributed by atoms with Gasteiger partial charge >= 0.3 is 0 Å². The molecule has 144 valence electrons. The van der Waals surface area contributed by atoms with Crippen molar-refractivity contribution in [1.82, 2.24) is 29.2 Å². The first-order valence-corrected chi connectivity index (χ1v) is 9.54. The van der Waals surface area contributed by atoms with Crippen molar-refractivity contribution in [3.63, 3.8) is 0 Å². The third-order valence-electron chi connectivity index (χ3n) is 4.86. The second-order valence-electron chi connectivity index (χ2n) is 7.43. The summed E-state index contributed by atoms with van der Waals surface area (Å²) in [5, 5.41) is 3.04. The minimum absolute atomic E-state index is 0.0443. The molecule has 0 saturated carbocycles. The van der Waals surface area contributed by atoms with Gasteiger partial charge < -0.3 is 9.88 Å². The number of aromatic nitrogens is 5. The van der Waals surface area contributed by atoms with E-state index in [1.807, 2.05) is 41.8 Å². The SMILES string of the molecule is CC(C)Cc1nc2ccccc2n1[C@@H](C)C(=O)NCc1cnc2cnccn12. The second-order valence-corrected chi connectivity index (χ2v) is 7.43. The minimum atomic E-state index is -0.359. The molecule has 4 rings (SSSR count). The largest absolute Gasteiger partial charge is 0.349 e. The molecule has 28 heavy (non-hydrogen) atoms. The number of carbonyl (C=O) groups excluding carboxylic acids is 1. The van der Waals surface area contributed by atoms with Crippen LogP contribution in [0.4, 0.5) is 0 Å². The van der Waals surface area contributed by atoms with Crippen LogP contribution in [0.2, 0.25) is 0 Å². The first-order valence-electron chi connectivity index (χ1n) is 9.54. The molecule has 7 heteroatoms. The molecule has 0 spiro atoms. The minimum Gasteiger partial charge on any atom is -0.349 e. The van der Waals surface area contributed by atoms with Crippen LogP contribution >= 0.6 is 0 Å². The van der Waals surface area contributed by atoms with Crippen LogP contribution in [-0.4, -0.2) is 29.8 Å². The predicted molar refractivity (Wildman–Crippen MR) is 108 cm³/mol. The molecule has 0 aliphatic heterocycles. The highest BCUT2D eigenvalue weighted by Crippen LogP contribution is 2.23. The lowest BCUT2D eigenvalue weighted by Crippen LogP contribution is -2.31. The highest BCUT2D eigenvalue weighted by molar-refractivity contribution is 5.84. The van der Waals surface area contributed by atoms with Gasteiger partial charge in [-0.15, -0.1) is 0 Å². The number of benzene rings is 1. The Balaban J connectivity index is 1.58. The molecule has 0 saturated heterocycles. The topological polar surface area (TPSA) is 77.1 Å². The van der Waals surface area contributed by atoms with Gasteiger partial charge in [-0.1, -0.05) is 26.0 Å². The van der Waals surface area contributed by atoms with Crippen LogP contribution in [0.25, 0.3) is 16.7 Å². The van der Waals surface area contributed by atoms with E-state index in [2.05, 4.69) is 33.7 Å². The number of para-hydroxylation sites is 2. The van der Waals surface area contributed by atoms with Crippen LogP contribution in [-0.2, 0) is 17.8 Å². The molecule has 1 amide bonds. The van der Waals surface area contributed by atoms with Crippen molar-refractivity contribution in [2.45, 2.75) is 39.8 Å². The zero-order valence-electron chi connectivity index (χ0n) is 16.3. The van der Waals surface area contributed by atoms with E-state index in [1.54, 1.807) is 18.6 Å². The fraction of sp³-hybridized carbons (Fsp3) is 0.333. The molecule has 0 radical (unpaired) electrons. The Morgan fingerprint density at radius 2 is 2.00 bits per heavy atom. The Morgan fingerprint density at radius 3 is 2.82 bits per heavy atom. The number of nitrogens with zero attached hydrogens (tertiary/aromatic N) is 5. The standard InChI is InChI=1S/C21H24N6O/c1-14(2)10-19-25-17-6-4-5-7-18(17)27(19)15(3)21(28)24-12-16-11-23-20-13-22-8-9-26(16)20/h4-9,11,13-15H,10,12H2,1-3H3,(H,24,28)/t15-/m0/s1. The molecular weight excluding hydrogens is 352 g/mol. The van der Waals surface area contributed by atoms with Gasteiger partial charge in [0.2, 0.25) is 5.91 Å². The molecule has 1 atom stereocenters. The molecule has 0 fully saturated rings. The van der Waals surface area contributed by atoms with Crippen LogP contribution in [0.5, 0.6) is 0 Å². The molecule has 0 unspecified atom stereocenters. The summed E-state index contributed by atoms with van der Waals surface area (Å²) in [6.45, 7) is 6.65. The Morgan fingerprint density at radius 1 is 1.18 bits per heavy atom. The maximum atomic E-state index is 13.0. The molecular formula is C21H24N6O. The number of carbonyl (C=O) groups is 1. The number of nitrogens with one attached hydrogen (secondary N) is 1. The van der Waals surface area contributed by atoms with Crippen LogP contribution in [0, 0.1) is 5.92 Å². The second kappa shape index (κ2) is 7.42. The van der Waals surface area contributed by atoms with Crippen molar-refractivity contribution in [2.24, 2.45) is 5.92 Å². The van der Waals surface area contributed by atoms with Gasteiger partial charge in [-0.25, -0.2) is 9.97 Å². The van der Waals surface area contributed by atoms with Gasteiger partial charge in [0.15, 0.2) is 5.65 Å². The van der Waals surface area contributed by atoms with E-state index < -0.39 is 0 Å². The molecule has 4 aromatic rings. The lowest BCUT2D eigenvalue weighted by Gasteiger charge is -2.18. The first-order chi connectivity index (χ1) is 13.5. The summed E-state index contributed by atoms with van der Waals surface area (Å²) in [7, 11) is 0. The van der Waals surface area contributed by atoms with Crippen LogP contribution < -0.4 is 5.32 Å². The smallest absolute Gasteiger partial charge is 0.243 e. The summed E-state index contributed by atoms with van der Waals surface area (Å²) in [4.78, 5) is 26.1. The third-order valence-corrected chi connectivity index (χ3v) is 4.86. The number of imidazole rings is 2. The van der Waals surface area contributed by atoms with Gasteiger partial charge in [-0.05, 0) is 25.0 Å².